The molecule has 0 saturated heterocycles. The van der Waals surface area contributed by atoms with E-state index in [1.54, 1.807) is 0 Å². The third-order valence-corrected chi connectivity index (χ3v) is 0.348. The molecule has 0 aliphatic carbocycles. The van der Waals surface area contributed by atoms with Gasteiger partial charge in [-0.2, -0.15) is 7.82 Å². The van der Waals surface area contributed by atoms with E-state index in [0.29, 0.717) is 0 Å². The molecule has 0 spiro atoms. The fraction of sp³-hybridized carbons (Fsp3) is 0.250. The lowest BCUT2D eigenvalue weighted by Gasteiger charge is -2.36. The van der Waals surface area contributed by atoms with Crippen LogP contribution in [0.15, 0.2) is 12.2 Å². The van der Waals surface area contributed by atoms with E-state index in [2.05, 4.69) is 6.58 Å². The minimum absolute atomic E-state index is 0.0648. The molecule has 11 heavy (non-hydrogen) atoms. The molecule has 0 radical (unpaired) electrons. The predicted molar refractivity (Wildman–Crippen MR) is 27.4 cm³/mol. The molecule has 0 aromatic carbocycles. The molecule has 0 heterocycles. The minimum Gasteiger partial charge on any atom is -0.822 e. The summed E-state index contributed by atoms with van der Waals surface area (Å²) < 4.78 is 8.55. The Morgan fingerprint density at radius 1 is 1.36 bits per heavy atom. The molecule has 0 aromatic rings. The van der Waals surface area contributed by atoms with Crippen molar-refractivity contribution in [1.82, 2.24) is 0 Å². The molecule has 6 nitrogen and oxygen atoms in total. The van der Waals surface area contributed by atoms with Crippen LogP contribution in [0.4, 0.5) is 0 Å². The number of phosphoric acid groups is 1. The van der Waals surface area contributed by atoms with Crippen molar-refractivity contribution in [3.05, 3.63) is 12.2 Å². The quantitative estimate of drug-likeness (QED) is 0.304. The topological polar surface area (TPSA) is 126 Å². The molecule has 66 valence electrons. The fourth-order valence-electron chi connectivity index (χ4n) is 0. The Labute approximate surface area is 63.0 Å². The first kappa shape index (κ1) is 12.9. The highest BCUT2D eigenvalue weighted by Crippen LogP contribution is 2.03. The van der Waals surface area contributed by atoms with E-state index >= 15 is 0 Å². The summed E-state index contributed by atoms with van der Waals surface area (Å²) in [6.07, 6.45) is 0. The zero-order valence-electron chi connectivity index (χ0n) is 5.60. The van der Waals surface area contributed by atoms with Crippen molar-refractivity contribution < 1.29 is 29.1 Å². The third-order valence-electron chi connectivity index (χ3n) is 0.348. The van der Waals surface area contributed by atoms with E-state index in [1.165, 1.54) is 6.92 Å². The highest BCUT2D eigenvalue weighted by molar-refractivity contribution is 7.40. The highest BCUT2D eigenvalue weighted by atomic mass is 31.2. The van der Waals surface area contributed by atoms with E-state index < -0.39 is 13.8 Å². The monoisotopic (exact) mass is 180 g/mol. The van der Waals surface area contributed by atoms with Crippen molar-refractivity contribution in [3.8, 4) is 0 Å². The molecule has 0 amide bonds. The van der Waals surface area contributed by atoms with Gasteiger partial charge in [-0.3, -0.25) is 0 Å². The van der Waals surface area contributed by atoms with Gasteiger partial charge in [0.05, 0.1) is 5.97 Å². The van der Waals surface area contributed by atoms with Crippen LogP contribution in [0.25, 0.3) is 0 Å². The summed E-state index contributed by atoms with van der Waals surface area (Å²) in [6.45, 7) is 4.48. The van der Waals surface area contributed by atoms with Crippen molar-refractivity contribution in [2.24, 2.45) is 0 Å². The molecule has 0 saturated carbocycles. The standard InChI is InChI=1S/C4H6O2.H3O4P/c1-3(2)4(5)6;1-5(2,3)4/h1H2,2H3,(H,5,6);(H3,1,2,3,4)/p-4. The van der Waals surface area contributed by atoms with Gasteiger partial charge in [0, 0.05) is 0 Å². The van der Waals surface area contributed by atoms with Gasteiger partial charge in [-0.15, -0.1) is 0 Å². The summed E-state index contributed by atoms with van der Waals surface area (Å²) >= 11 is 0. The summed E-state index contributed by atoms with van der Waals surface area (Å²) in [5.41, 5.74) is 0.0648. The average molecular weight is 180 g/mol. The Kier molecular flexibility index (Phi) is 5.93. The largest absolute Gasteiger partial charge is 0.822 e. The summed E-state index contributed by atoms with van der Waals surface area (Å²) in [5.74, 6) is -1.19. The number of carbonyl (C=O) groups is 1. The van der Waals surface area contributed by atoms with Crippen LogP contribution in [0.5, 0.6) is 0 Å². The van der Waals surface area contributed by atoms with Gasteiger partial charge in [0.2, 0.25) is 0 Å². The first-order valence-corrected chi connectivity index (χ1v) is 3.70. The van der Waals surface area contributed by atoms with Crippen molar-refractivity contribution in [2.45, 2.75) is 6.92 Å². The number of hydrogen-bond donors (Lipinski definition) is 0. The maximum atomic E-state index is 9.49. The second-order valence-corrected chi connectivity index (χ2v) is 2.41. The molecule has 0 atom stereocenters. The van der Waals surface area contributed by atoms with E-state index in [1.807, 2.05) is 0 Å². The van der Waals surface area contributed by atoms with Crippen molar-refractivity contribution >= 4 is 13.8 Å². The number of carbonyl (C=O) groups excluding carboxylic acids is 1. The molecule has 0 aliphatic rings. The zero-order valence-corrected chi connectivity index (χ0v) is 6.50. The number of carboxylic acid groups (broad SMARTS) is 1. The van der Waals surface area contributed by atoms with Gasteiger partial charge in [0.25, 0.3) is 0 Å². The summed E-state index contributed by atoms with van der Waals surface area (Å²) in [7, 11) is -5.39. The van der Waals surface area contributed by atoms with Gasteiger partial charge in [-0.25, -0.2) is 0 Å². The van der Waals surface area contributed by atoms with Crippen LogP contribution in [0.2, 0.25) is 0 Å². The SMILES string of the molecule is C=C(C)C(=O)[O-].O=P([O-])([O-])[O-]. The van der Waals surface area contributed by atoms with E-state index in [-0.39, 0.29) is 5.57 Å². The molecular weight excluding hydrogens is 175 g/mol. The van der Waals surface area contributed by atoms with E-state index in [0.717, 1.165) is 0 Å². The lowest BCUT2D eigenvalue weighted by atomic mass is 10.4. The summed E-state index contributed by atoms with van der Waals surface area (Å²) in [4.78, 5) is 35.1. The van der Waals surface area contributed by atoms with Gasteiger partial charge in [0.1, 0.15) is 0 Å². The van der Waals surface area contributed by atoms with E-state index in [9.17, 15) is 9.90 Å². The number of hydrogen-bond acceptors (Lipinski definition) is 6. The van der Waals surface area contributed by atoms with E-state index in [4.69, 9.17) is 19.2 Å². The molecule has 0 aliphatic heterocycles. The Bertz CT molecular complexity index is 170. The maximum Gasteiger partial charge on any atom is 0.0666 e. The second kappa shape index (κ2) is 5.03. The van der Waals surface area contributed by atoms with Gasteiger partial charge >= 0.3 is 0 Å². The zero-order chi connectivity index (χ0) is 9.65. The Balaban J connectivity index is 0. The van der Waals surface area contributed by atoms with Crippen LogP contribution < -0.4 is 19.8 Å². The van der Waals surface area contributed by atoms with Crippen LogP contribution in [-0.2, 0) is 9.36 Å². The van der Waals surface area contributed by atoms with Crippen LogP contribution in [0.3, 0.4) is 0 Å². The van der Waals surface area contributed by atoms with Crippen LogP contribution in [0.1, 0.15) is 6.92 Å². The van der Waals surface area contributed by atoms with Gasteiger partial charge in [0.15, 0.2) is 0 Å². The van der Waals surface area contributed by atoms with Crippen molar-refractivity contribution in [1.29, 1.82) is 0 Å². The number of rotatable bonds is 1. The first-order chi connectivity index (χ1) is 4.64. The smallest absolute Gasteiger partial charge is 0.0666 e. The lowest BCUT2D eigenvalue weighted by Crippen LogP contribution is -2.24. The molecule has 0 bridgehead atoms. The van der Waals surface area contributed by atoms with Crippen molar-refractivity contribution in [2.75, 3.05) is 0 Å². The normalized spacial score (nSPS) is 9.45. The Morgan fingerprint density at radius 3 is 1.45 bits per heavy atom. The Morgan fingerprint density at radius 2 is 1.45 bits per heavy atom. The summed E-state index contributed by atoms with van der Waals surface area (Å²) in [5, 5.41) is 9.49. The van der Waals surface area contributed by atoms with Gasteiger partial charge in [-0.1, -0.05) is 6.58 Å². The number of aliphatic carboxylic acids is 1. The molecule has 0 rings (SSSR count). The van der Waals surface area contributed by atoms with Crippen LogP contribution in [0, 0.1) is 0 Å². The van der Waals surface area contributed by atoms with Gasteiger partial charge < -0.3 is 29.1 Å². The van der Waals surface area contributed by atoms with Gasteiger partial charge in [-0.05, 0) is 12.5 Å². The first-order valence-electron chi connectivity index (χ1n) is 2.24. The number of carboxylic acids is 1. The van der Waals surface area contributed by atoms with Crippen LogP contribution in [-0.4, -0.2) is 5.97 Å². The lowest BCUT2D eigenvalue weighted by molar-refractivity contribution is -0.432. The fourth-order valence-corrected chi connectivity index (χ4v) is 0. The highest BCUT2D eigenvalue weighted by Gasteiger charge is 1.76. The minimum atomic E-state index is -5.39. The average Bonchev–Trinajstić information content (AvgIpc) is 1.59. The maximum absolute atomic E-state index is 9.49. The molecular formula is C4H5O6P-4. The predicted octanol–water partition coefficient (Wildman–Crippen LogP) is -3.51. The third kappa shape index (κ3) is 45.3. The molecule has 0 N–H and O–H groups in total. The molecule has 7 heteroatoms. The molecule has 0 aromatic heterocycles. The Hall–Kier alpha value is -0.680. The molecule has 0 fully saturated rings. The van der Waals surface area contributed by atoms with Crippen molar-refractivity contribution in [3.63, 3.8) is 0 Å². The summed E-state index contributed by atoms with van der Waals surface area (Å²) in [6, 6.07) is 0. The molecule has 0 unspecified atom stereocenters. The second-order valence-electron chi connectivity index (χ2n) is 1.52. The van der Waals surface area contributed by atoms with Crippen LogP contribution >= 0.6 is 7.82 Å².